The molecule has 1 saturated heterocycles. The first kappa shape index (κ1) is 13.3. The molecular formula is C14H28N2O. The quantitative estimate of drug-likeness (QED) is 0.768. The van der Waals surface area contributed by atoms with Gasteiger partial charge in [0.2, 0.25) is 0 Å². The number of hydrogen-bond donors (Lipinski definition) is 2. The summed E-state index contributed by atoms with van der Waals surface area (Å²) in [7, 11) is 0. The van der Waals surface area contributed by atoms with Gasteiger partial charge in [0.25, 0.3) is 0 Å². The predicted molar refractivity (Wildman–Crippen MR) is 71.2 cm³/mol. The molecule has 2 aliphatic rings. The van der Waals surface area contributed by atoms with E-state index in [9.17, 15) is 5.11 Å². The van der Waals surface area contributed by atoms with Crippen LogP contribution in [0, 0.1) is 0 Å². The summed E-state index contributed by atoms with van der Waals surface area (Å²) >= 11 is 0. The normalized spacial score (nSPS) is 28.8. The molecule has 1 atom stereocenters. The van der Waals surface area contributed by atoms with Crippen molar-refractivity contribution in [2.45, 2.75) is 63.5 Å². The van der Waals surface area contributed by atoms with Gasteiger partial charge in [-0.05, 0) is 38.8 Å². The van der Waals surface area contributed by atoms with Crippen molar-refractivity contribution in [3.05, 3.63) is 0 Å². The molecule has 2 N–H and O–H groups in total. The van der Waals surface area contributed by atoms with Gasteiger partial charge in [-0.25, -0.2) is 0 Å². The fraction of sp³-hybridized carbons (Fsp3) is 1.00. The lowest BCUT2D eigenvalue weighted by Crippen LogP contribution is -2.49. The number of nitrogens with zero attached hydrogens (tertiary/aromatic N) is 1. The van der Waals surface area contributed by atoms with Crippen molar-refractivity contribution >= 4 is 0 Å². The lowest BCUT2D eigenvalue weighted by atomic mass is 9.84. The van der Waals surface area contributed by atoms with E-state index < -0.39 is 5.60 Å². The lowest BCUT2D eigenvalue weighted by molar-refractivity contribution is -0.0342. The van der Waals surface area contributed by atoms with Crippen molar-refractivity contribution < 1.29 is 5.11 Å². The second-order valence-electron chi connectivity index (χ2n) is 5.90. The molecule has 3 nitrogen and oxygen atoms in total. The SMILES string of the molecule is CCCN(CC1(O)CCCCC1)C1CCNC1. The first-order valence-electron chi connectivity index (χ1n) is 7.41. The van der Waals surface area contributed by atoms with E-state index in [0.29, 0.717) is 6.04 Å². The number of aliphatic hydroxyl groups is 1. The zero-order valence-electron chi connectivity index (χ0n) is 11.2. The molecule has 0 amide bonds. The second kappa shape index (κ2) is 6.17. The summed E-state index contributed by atoms with van der Waals surface area (Å²) < 4.78 is 0. The Labute approximate surface area is 106 Å². The number of nitrogens with one attached hydrogen (secondary N) is 1. The van der Waals surface area contributed by atoms with Crippen LogP contribution >= 0.6 is 0 Å². The van der Waals surface area contributed by atoms with Crippen molar-refractivity contribution in [2.24, 2.45) is 0 Å². The number of hydrogen-bond acceptors (Lipinski definition) is 3. The van der Waals surface area contributed by atoms with E-state index >= 15 is 0 Å². The second-order valence-corrected chi connectivity index (χ2v) is 5.90. The highest BCUT2D eigenvalue weighted by molar-refractivity contribution is 4.89. The highest BCUT2D eigenvalue weighted by atomic mass is 16.3. The average molecular weight is 240 g/mol. The lowest BCUT2D eigenvalue weighted by Gasteiger charge is -2.39. The van der Waals surface area contributed by atoms with E-state index in [2.05, 4.69) is 17.1 Å². The minimum atomic E-state index is -0.393. The molecule has 2 rings (SSSR count). The third-order valence-corrected chi connectivity index (χ3v) is 4.34. The van der Waals surface area contributed by atoms with Gasteiger partial charge < -0.3 is 10.4 Å². The molecule has 1 aliphatic carbocycles. The minimum Gasteiger partial charge on any atom is -0.389 e. The zero-order chi connectivity index (χ0) is 12.1. The van der Waals surface area contributed by atoms with Crippen LogP contribution in [0.3, 0.4) is 0 Å². The van der Waals surface area contributed by atoms with Gasteiger partial charge in [-0.2, -0.15) is 0 Å². The van der Waals surface area contributed by atoms with E-state index in [0.717, 1.165) is 39.0 Å². The molecule has 0 bridgehead atoms. The van der Waals surface area contributed by atoms with E-state index in [4.69, 9.17) is 0 Å². The van der Waals surface area contributed by atoms with Crippen LogP contribution in [0.5, 0.6) is 0 Å². The fourth-order valence-electron chi connectivity index (χ4n) is 3.38. The summed E-state index contributed by atoms with van der Waals surface area (Å²) in [6.07, 6.45) is 8.17. The predicted octanol–water partition coefficient (Wildman–Crippen LogP) is 1.76. The largest absolute Gasteiger partial charge is 0.389 e. The van der Waals surface area contributed by atoms with Gasteiger partial charge in [0, 0.05) is 19.1 Å². The maximum absolute atomic E-state index is 10.7. The van der Waals surface area contributed by atoms with Crippen LogP contribution in [0.15, 0.2) is 0 Å². The summed E-state index contributed by atoms with van der Waals surface area (Å²) in [5.41, 5.74) is -0.393. The van der Waals surface area contributed by atoms with Gasteiger partial charge >= 0.3 is 0 Å². The van der Waals surface area contributed by atoms with Crippen molar-refractivity contribution in [3.63, 3.8) is 0 Å². The molecule has 0 aromatic carbocycles. The van der Waals surface area contributed by atoms with Gasteiger partial charge in [0.05, 0.1) is 5.60 Å². The average Bonchev–Trinajstić information content (AvgIpc) is 2.82. The molecule has 0 aromatic heterocycles. The third kappa shape index (κ3) is 3.67. The van der Waals surface area contributed by atoms with Crippen molar-refractivity contribution in [2.75, 3.05) is 26.2 Å². The van der Waals surface area contributed by atoms with Crippen LogP contribution in [0.1, 0.15) is 51.9 Å². The first-order valence-corrected chi connectivity index (χ1v) is 7.41. The molecule has 2 fully saturated rings. The Kier molecular flexibility index (Phi) is 4.83. The van der Waals surface area contributed by atoms with E-state index in [1.54, 1.807) is 0 Å². The standard InChI is InChI=1S/C14H28N2O/c1-2-10-16(13-6-9-15-11-13)12-14(17)7-4-3-5-8-14/h13,15,17H,2-12H2,1H3. The van der Waals surface area contributed by atoms with Gasteiger partial charge in [-0.15, -0.1) is 0 Å². The van der Waals surface area contributed by atoms with Crippen LogP contribution < -0.4 is 5.32 Å². The van der Waals surface area contributed by atoms with Gasteiger partial charge in [0.1, 0.15) is 0 Å². The highest BCUT2D eigenvalue weighted by Crippen LogP contribution is 2.29. The first-order chi connectivity index (χ1) is 8.23. The Morgan fingerprint density at radius 3 is 2.65 bits per heavy atom. The van der Waals surface area contributed by atoms with Crippen LogP contribution in [0.4, 0.5) is 0 Å². The minimum absolute atomic E-state index is 0.393. The molecule has 0 spiro atoms. The molecule has 0 radical (unpaired) electrons. The molecular weight excluding hydrogens is 212 g/mol. The molecule has 0 aromatic rings. The monoisotopic (exact) mass is 240 g/mol. The maximum Gasteiger partial charge on any atom is 0.0774 e. The maximum atomic E-state index is 10.7. The molecule has 1 heterocycles. The molecule has 1 saturated carbocycles. The van der Waals surface area contributed by atoms with Crippen molar-refractivity contribution in [1.82, 2.24) is 10.2 Å². The molecule has 1 aliphatic heterocycles. The van der Waals surface area contributed by atoms with Crippen molar-refractivity contribution in [1.29, 1.82) is 0 Å². The zero-order valence-corrected chi connectivity index (χ0v) is 11.2. The van der Waals surface area contributed by atoms with Crippen LogP contribution in [0.25, 0.3) is 0 Å². The van der Waals surface area contributed by atoms with Gasteiger partial charge in [-0.1, -0.05) is 26.2 Å². The van der Waals surface area contributed by atoms with E-state index in [-0.39, 0.29) is 0 Å². The fourth-order valence-corrected chi connectivity index (χ4v) is 3.38. The number of rotatable bonds is 5. The Morgan fingerprint density at radius 1 is 1.29 bits per heavy atom. The van der Waals surface area contributed by atoms with Crippen LogP contribution in [-0.2, 0) is 0 Å². The summed E-state index contributed by atoms with van der Waals surface area (Å²) in [5.74, 6) is 0. The highest BCUT2D eigenvalue weighted by Gasteiger charge is 2.33. The van der Waals surface area contributed by atoms with Crippen LogP contribution in [0.2, 0.25) is 0 Å². The summed E-state index contributed by atoms with van der Waals surface area (Å²) in [6, 6.07) is 0.654. The molecule has 100 valence electrons. The molecule has 3 heteroatoms. The van der Waals surface area contributed by atoms with E-state index in [1.165, 1.54) is 32.1 Å². The summed E-state index contributed by atoms with van der Waals surface area (Å²) in [4.78, 5) is 2.53. The third-order valence-electron chi connectivity index (χ3n) is 4.34. The van der Waals surface area contributed by atoms with Gasteiger partial charge in [0.15, 0.2) is 0 Å². The Hall–Kier alpha value is -0.120. The van der Waals surface area contributed by atoms with E-state index in [1.807, 2.05) is 0 Å². The molecule has 17 heavy (non-hydrogen) atoms. The smallest absolute Gasteiger partial charge is 0.0774 e. The van der Waals surface area contributed by atoms with Gasteiger partial charge in [-0.3, -0.25) is 4.90 Å². The Balaban J connectivity index is 1.90. The summed E-state index contributed by atoms with van der Waals surface area (Å²) in [6.45, 7) is 6.52. The Morgan fingerprint density at radius 2 is 2.06 bits per heavy atom. The van der Waals surface area contributed by atoms with Crippen molar-refractivity contribution in [3.8, 4) is 0 Å². The molecule has 1 unspecified atom stereocenters. The topological polar surface area (TPSA) is 35.5 Å². The summed E-state index contributed by atoms with van der Waals surface area (Å²) in [5, 5.41) is 14.1. The van der Waals surface area contributed by atoms with Crippen LogP contribution in [-0.4, -0.2) is 47.8 Å². The Bertz CT molecular complexity index is 220.